The summed E-state index contributed by atoms with van der Waals surface area (Å²) in [5, 5.41) is 8.68. The lowest BCUT2D eigenvalue weighted by atomic mass is 10.1. The van der Waals surface area contributed by atoms with Gasteiger partial charge >= 0.3 is 6.03 Å². The van der Waals surface area contributed by atoms with Crippen LogP contribution >= 0.6 is 0 Å². The molecule has 0 spiro atoms. The average Bonchev–Trinajstić information content (AvgIpc) is 2.46. The number of piperazine rings is 1. The van der Waals surface area contributed by atoms with Gasteiger partial charge in [0.1, 0.15) is 6.54 Å². The van der Waals surface area contributed by atoms with Gasteiger partial charge in [0.2, 0.25) is 5.91 Å². The first-order valence-electron chi connectivity index (χ1n) is 6.70. The molecule has 0 aliphatic carbocycles. The fourth-order valence-corrected chi connectivity index (χ4v) is 2.07. The largest absolute Gasteiger partial charge is 0.353 e. The van der Waals surface area contributed by atoms with Gasteiger partial charge in [0.25, 0.3) is 0 Å². The predicted octanol–water partition coefficient (Wildman–Crippen LogP) is 0.931. The van der Waals surface area contributed by atoms with Crippen LogP contribution in [0, 0.1) is 0 Å². The van der Waals surface area contributed by atoms with Gasteiger partial charge in [0.15, 0.2) is 0 Å². The highest BCUT2D eigenvalue weighted by atomic mass is 16.2. The van der Waals surface area contributed by atoms with Crippen LogP contribution in [-0.2, 0) is 4.79 Å². The van der Waals surface area contributed by atoms with E-state index in [0.29, 0.717) is 13.1 Å². The molecule has 3 amide bonds. The van der Waals surface area contributed by atoms with Crippen molar-refractivity contribution in [1.82, 2.24) is 15.5 Å². The molecule has 3 N–H and O–H groups in total. The summed E-state index contributed by atoms with van der Waals surface area (Å²) in [4.78, 5) is 24.9. The molecule has 1 heterocycles. The summed E-state index contributed by atoms with van der Waals surface area (Å²) in [6.07, 6.45) is 0. The van der Waals surface area contributed by atoms with Crippen LogP contribution < -0.4 is 16.0 Å². The van der Waals surface area contributed by atoms with E-state index in [1.54, 1.807) is 0 Å². The van der Waals surface area contributed by atoms with Crippen LogP contribution in [0.4, 0.5) is 10.5 Å². The molecule has 1 unspecified atom stereocenters. The van der Waals surface area contributed by atoms with Gasteiger partial charge in [-0.15, -0.1) is 0 Å². The molecule has 6 nitrogen and oxygen atoms in total. The molecule has 0 aromatic heterocycles. The van der Waals surface area contributed by atoms with Gasteiger partial charge in [-0.3, -0.25) is 4.79 Å². The first-order chi connectivity index (χ1) is 9.60. The Morgan fingerprint density at radius 2 is 2.25 bits per heavy atom. The molecule has 1 saturated heterocycles. The van der Waals surface area contributed by atoms with Crippen LogP contribution in [0.1, 0.15) is 18.5 Å². The molecule has 1 aromatic carbocycles. The summed E-state index contributed by atoms with van der Waals surface area (Å²) in [5.74, 6) is -0.121. The van der Waals surface area contributed by atoms with Gasteiger partial charge in [0, 0.05) is 24.8 Å². The minimum atomic E-state index is -0.242. The van der Waals surface area contributed by atoms with Crippen molar-refractivity contribution in [3.05, 3.63) is 29.8 Å². The molecule has 2 rings (SSSR count). The number of amides is 3. The number of carbonyl (C=O) groups excluding carboxylic acids is 2. The van der Waals surface area contributed by atoms with Crippen molar-refractivity contribution in [3.8, 4) is 0 Å². The maximum absolute atomic E-state index is 12.1. The second kappa shape index (κ2) is 6.38. The van der Waals surface area contributed by atoms with Crippen molar-refractivity contribution in [2.45, 2.75) is 13.0 Å². The lowest BCUT2D eigenvalue weighted by Crippen LogP contribution is -2.51. The van der Waals surface area contributed by atoms with Gasteiger partial charge in [-0.2, -0.15) is 0 Å². The average molecular weight is 276 g/mol. The Bertz CT molecular complexity index is 504. The highest BCUT2D eigenvalue weighted by molar-refractivity contribution is 5.93. The molecule has 1 aromatic rings. The third kappa shape index (κ3) is 3.48. The Morgan fingerprint density at radius 3 is 2.95 bits per heavy atom. The van der Waals surface area contributed by atoms with Gasteiger partial charge in [-0.05, 0) is 31.7 Å². The molecule has 108 valence electrons. The third-order valence-electron chi connectivity index (χ3n) is 3.40. The number of nitrogens with zero attached hydrogens (tertiary/aromatic N) is 1. The van der Waals surface area contributed by atoms with E-state index in [0.717, 1.165) is 11.3 Å². The van der Waals surface area contributed by atoms with Gasteiger partial charge < -0.3 is 20.9 Å². The van der Waals surface area contributed by atoms with E-state index >= 15 is 0 Å². The predicted molar refractivity (Wildman–Crippen MR) is 77.5 cm³/mol. The van der Waals surface area contributed by atoms with Crippen molar-refractivity contribution in [3.63, 3.8) is 0 Å². The summed E-state index contributed by atoms with van der Waals surface area (Å²) in [6.45, 7) is 3.20. The topological polar surface area (TPSA) is 73.5 Å². The number of urea groups is 1. The van der Waals surface area contributed by atoms with Crippen LogP contribution in [0.25, 0.3) is 0 Å². The molecule has 1 aliphatic rings. The number of benzene rings is 1. The van der Waals surface area contributed by atoms with E-state index in [9.17, 15) is 9.59 Å². The van der Waals surface area contributed by atoms with Gasteiger partial charge in [0.05, 0.1) is 0 Å². The first-order valence-corrected chi connectivity index (χ1v) is 6.70. The van der Waals surface area contributed by atoms with Gasteiger partial charge in [-0.25, -0.2) is 4.79 Å². The van der Waals surface area contributed by atoms with Gasteiger partial charge in [-0.1, -0.05) is 12.1 Å². The van der Waals surface area contributed by atoms with Crippen molar-refractivity contribution in [2.24, 2.45) is 0 Å². The summed E-state index contributed by atoms with van der Waals surface area (Å²) < 4.78 is 0. The van der Waals surface area contributed by atoms with Crippen LogP contribution in [0.15, 0.2) is 24.3 Å². The van der Waals surface area contributed by atoms with E-state index in [4.69, 9.17) is 0 Å². The fourth-order valence-electron chi connectivity index (χ4n) is 2.07. The van der Waals surface area contributed by atoms with Crippen molar-refractivity contribution in [1.29, 1.82) is 0 Å². The summed E-state index contributed by atoms with van der Waals surface area (Å²) in [6, 6.07) is 7.66. The second-order valence-electron chi connectivity index (χ2n) is 4.84. The SMILES string of the molecule is CNC(C)c1cccc(NC(=O)N2CCNC(=O)C2)c1. The molecular weight excluding hydrogens is 256 g/mol. The van der Waals surface area contributed by atoms with E-state index in [1.165, 1.54) is 4.90 Å². The number of carbonyl (C=O) groups is 2. The molecule has 1 fully saturated rings. The molecular formula is C14H20N4O2. The van der Waals surface area contributed by atoms with Crippen LogP contribution in [0.3, 0.4) is 0 Å². The molecule has 0 bridgehead atoms. The van der Waals surface area contributed by atoms with Crippen molar-refractivity contribution in [2.75, 3.05) is 32.0 Å². The number of hydrogen-bond acceptors (Lipinski definition) is 3. The summed E-state index contributed by atoms with van der Waals surface area (Å²) >= 11 is 0. The lowest BCUT2D eigenvalue weighted by molar-refractivity contribution is -0.123. The number of nitrogens with one attached hydrogen (secondary N) is 3. The minimum absolute atomic E-state index is 0.110. The molecule has 0 saturated carbocycles. The van der Waals surface area contributed by atoms with E-state index in [1.807, 2.05) is 31.3 Å². The Morgan fingerprint density at radius 1 is 1.45 bits per heavy atom. The Kier molecular flexibility index (Phi) is 4.57. The normalized spacial score (nSPS) is 16.5. The highest BCUT2D eigenvalue weighted by Crippen LogP contribution is 2.17. The zero-order chi connectivity index (χ0) is 14.5. The van der Waals surface area contributed by atoms with Crippen LogP contribution in [0.5, 0.6) is 0 Å². The number of rotatable bonds is 3. The third-order valence-corrected chi connectivity index (χ3v) is 3.40. The minimum Gasteiger partial charge on any atom is -0.353 e. The molecule has 20 heavy (non-hydrogen) atoms. The quantitative estimate of drug-likeness (QED) is 0.769. The maximum atomic E-state index is 12.1. The van der Waals surface area contributed by atoms with Crippen LogP contribution in [-0.4, -0.2) is 43.5 Å². The molecule has 1 aliphatic heterocycles. The smallest absolute Gasteiger partial charge is 0.322 e. The van der Waals surface area contributed by atoms with Crippen LogP contribution in [0.2, 0.25) is 0 Å². The van der Waals surface area contributed by atoms with E-state index in [-0.39, 0.29) is 24.5 Å². The standard InChI is InChI=1S/C14H20N4O2/c1-10(15-2)11-4-3-5-12(8-11)17-14(20)18-7-6-16-13(19)9-18/h3-5,8,10,15H,6-7,9H2,1-2H3,(H,16,19)(H,17,20). The Labute approximate surface area is 118 Å². The zero-order valence-electron chi connectivity index (χ0n) is 11.8. The monoisotopic (exact) mass is 276 g/mol. The lowest BCUT2D eigenvalue weighted by Gasteiger charge is -2.26. The molecule has 0 radical (unpaired) electrons. The number of hydrogen-bond donors (Lipinski definition) is 3. The molecule has 6 heteroatoms. The van der Waals surface area contributed by atoms with E-state index in [2.05, 4.69) is 22.9 Å². The van der Waals surface area contributed by atoms with Crippen molar-refractivity contribution < 1.29 is 9.59 Å². The summed E-state index contributed by atoms with van der Waals surface area (Å²) in [7, 11) is 1.89. The number of anilines is 1. The summed E-state index contributed by atoms with van der Waals surface area (Å²) in [5.41, 5.74) is 1.84. The molecule has 1 atom stereocenters. The van der Waals surface area contributed by atoms with E-state index < -0.39 is 0 Å². The first kappa shape index (κ1) is 14.3. The Balaban J connectivity index is 2.02. The Hall–Kier alpha value is -2.08. The maximum Gasteiger partial charge on any atom is 0.322 e. The fraction of sp³-hybridized carbons (Fsp3) is 0.429. The van der Waals surface area contributed by atoms with Crippen molar-refractivity contribution >= 4 is 17.6 Å². The zero-order valence-corrected chi connectivity index (χ0v) is 11.8. The highest BCUT2D eigenvalue weighted by Gasteiger charge is 2.21. The second-order valence-corrected chi connectivity index (χ2v) is 4.84.